The lowest BCUT2D eigenvalue weighted by Gasteiger charge is -2.10. The molecule has 0 spiro atoms. The molecule has 0 fully saturated rings. The van der Waals surface area contributed by atoms with Crippen LogP contribution in [-0.4, -0.2) is 16.8 Å². The number of rotatable bonds is 3. The van der Waals surface area contributed by atoms with Crippen molar-refractivity contribution in [1.29, 1.82) is 0 Å². The first kappa shape index (κ1) is 14.6. The molecule has 2 rings (SSSR count). The number of para-hydroxylation sites is 1. The summed E-state index contributed by atoms with van der Waals surface area (Å²) in [5.74, 6) is -2.32. The van der Waals surface area contributed by atoms with Gasteiger partial charge in [0.1, 0.15) is 11.6 Å². The van der Waals surface area contributed by atoms with Gasteiger partial charge in [-0.05, 0) is 25.1 Å². The van der Waals surface area contributed by atoms with E-state index in [4.69, 9.17) is 5.21 Å². The molecule has 0 bridgehead atoms. The fourth-order valence-corrected chi connectivity index (χ4v) is 1.84. The summed E-state index contributed by atoms with van der Waals surface area (Å²) in [5.41, 5.74) is 1.05. The quantitative estimate of drug-likeness (QED) is 0.517. The van der Waals surface area contributed by atoms with E-state index in [9.17, 15) is 13.6 Å². The van der Waals surface area contributed by atoms with E-state index in [2.05, 4.69) is 10.5 Å². The van der Waals surface area contributed by atoms with E-state index in [1.54, 1.807) is 31.2 Å². The lowest BCUT2D eigenvalue weighted by Crippen LogP contribution is -2.15. The van der Waals surface area contributed by atoms with Crippen LogP contribution in [0.1, 0.15) is 22.8 Å². The zero-order valence-corrected chi connectivity index (χ0v) is 11.1. The van der Waals surface area contributed by atoms with Gasteiger partial charge in [0.15, 0.2) is 0 Å². The molecule has 0 radical (unpaired) electrons. The van der Waals surface area contributed by atoms with Crippen molar-refractivity contribution in [2.24, 2.45) is 5.16 Å². The minimum atomic E-state index is -0.832. The summed E-state index contributed by atoms with van der Waals surface area (Å²) < 4.78 is 26.2. The molecule has 0 aliphatic carbocycles. The van der Waals surface area contributed by atoms with Crippen LogP contribution in [0.25, 0.3) is 0 Å². The van der Waals surface area contributed by atoms with Gasteiger partial charge in [0, 0.05) is 17.2 Å². The predicted molar refractivity (Wildman–Crippen MR) is 74.8 cm³/mol. The van der Waals surface area contributed by atoms with Crippen molar-refractivity contribution in [2.45, 2.75) is 6.92 Å². The van der Waals surface area contributed by atoms with Crippen molar-refractivity contribution in [3.63, 3.8) is 0 Å². The molecule has 0 aromatic heterocycles. The summed E-state index contributed by atoms with van der Waals surface area (Å²) in [7, 11) is 0. The molecule has 0 aliphatic heterocycles. The Morgan fingerprint density at radius 3 is 2.38 bits per heavy atom. The van der Waals surface area contributed by atoms with Crippen LogP contribution in [0.2, 0.25) is 0 Å². The Hall–Kier alpha value is -2.76. The van der Waals surface area contributed by atoms with Crippen molar-refractivity contribution in [3.8, 4) is 0 Å². The highest BCUT2D eigenvalue weighted by Gasteiger charge is 2.12. The van der Waals surface area contributed by atoms with Crippen LogP contribution in [0.5, 0.6) is 0 Å². The molecule has 0 saturated carbocycles. The molecule has 21 heavy (non-hydrogen) atoms. The minimum Gasteiger partial charge on any atom is -0.411 e. The van der Waals surface area contributed by atoms with E-state index in [1.165, 1.54) is 0 Å². The number of hydrogen-bond acceptors (Lipinski definition) is 3. The number of halogens is 2. The van der Waals surface area contributed by atoms with Crippen LogP contribution in [0.3, 0.4) is 0 Å². The molecule has 6 heteroatoms. The molecule has 0 heterocycles. The Balaban J connectivity index is 2.32. The Kier molecular flexibility index (Phi) is 4.27. The minimum absolute atomic E-state index is 0.138. The van der Waals surface area contributed by atoms with E-state index in [0.717, 1.165) is 12.1 Å². The topological polar surface area (TPSA) is 61.7 Å². The Labute approximate surface area is 119 Å². The lowest BCUT2D eigenvalue weighted by molar-refractivity contribution is 0.102. The fourth-order valence-electron chi connectivity index (χ4n) is 1.84. The molecule has 2 N–H and O–H groups in total. The van der Waals surface area contributed by atoms with E-state index < -0.39 is 17.5 Å². The smallest absolute Gasteiger partial charge is 0.255 e. The fraction of sp³-hybridized carbons (Fsp3) is 0.0667. The van der Waals surface area contributed by atoms with Crippen LogP contribution in [0.4, 0.5) is 14.5 Å². The first-order valence-corrected chi connectivity index (χ1v) is 6.07. The van der Waals surface area contributed by atoms with Gasteiger partial charge in [0.05, 0.1) is 11.4 Å². The van der Waals surface area contributed by atoms with Crippen molar-refractivity contribution in [2.75, 3.05) is 5.32 Å². The first-order valence-electron chi connectivity index (χ1n) is 6.07. The number of benzene rings is 2. The Morgan fingerprint density at radius 2 is 1.76 bits per heavy atom. The third-order valence-corrected chi connectivity index (χ3v) is 2.84. The second-order valence-corrected chi connectivity index (χ2v) is 4.34. The Morgan fingerprint density at radius 1 is 1.14 bits per heavy atom. The average molecular weight is 290 g/mol. The molecule has 2 aromatic rings. The van der Waals surface area contributed by atoms with Crippen molar-refractivity contribution < 1.29 is 18.8 Å². The number of amides is 1. The normalized spacial score (nSPS) is 11.3. The summed E-state index contributed by atoms with van der Waals surface area (Å²) in [4.78, 5) is 12.0. The van der Waals surface area contributed by atoms with Crippen LogP contribution >= 0.6 is 0 Å². The van der Waals surface area contributed by atoms with Gasteiger partial charge in [-0.2, -0.15) is 0 Å². The third-order valence-electron chi connectivity index (χ3n) is 2.84. The molecule has 0 aliphatic rings. The predicted octanol–water partition coefficient (Wildman–Crippen LogP) is 3.42. The van der Waals surface area contributed by atoms with Crippen molar-refractivity contribution in [3.05, 3.63) is 65.2 Å². The second-order valence-electron chi connectivity index (χ2n) is 4.34. The van der Waals surface area contributed by atoms with E-state index in [-0.39, 0.29) is 5.56 Å². The monoisotopic (exact) mass is 290 g/mol. The van der Waals surface area contributed by atoms with Crippen LogP contribution in [0, 0.1) is 11.6 Å². The SMILES string of the molecule is C/C(=N\O)c1ccccc1NC(=O)c1cc(F)cc(F)c1. The third kappa shape index (κ3) is 3.42. The highest BCUT2D eigenvalue weighted by molar-refractivity contribution is 6.10. The van der Waals surface area contributed by atoms with Gasteiger partial charge < -0.3 is 10.5 Å². The van der Waals surface area contributed by atoms with Crippen LogP contribution < -0.4 is 5.32 Å². The van der Waals surface area contributed by atoms with Crippen molar-refractivity contribution in [1.82, 2.24) is 0 Å². The molecule has 4 nitrogen and oxygen atoms in total. The summed E-state index contributed by atoms with van der Waals surface area (Å²) in [5, 5.41) is 14.4. The van der Waals surface area contributed by atoms with Crippen LogP contribution in [-0.2, 0) is 0 Å². The molecule has 0 atom stereocenters. The maximum Gasteiger partial charge on any atom is 0.255 e. The van der Waals surface area contributed by atoms with Gasteiger partial charge in [0.2, 0.25) is 0 Å². The molecular weight excluding hydrogens is 278 g/mol. The number of carbonyl (C=O) groups excluding carboxylic acids is 1. The van der Waals surface area contributed by atoms with Crippen LogP contribution in [0.15, 0.2) is 47.6 Å². The first-order chi connectivity index (χ1) is 10.0. The second kappa shape index (κ2) is 6.13. The van der Waals surface area contributed by atoms with Gasteiger partial charge in [-0.1, -0.05) is 23.4 Å². The Bertz CT molecular complexity index is 694. The summed E-state index contributed by atoms with van der Waals surface area (Å²) in [6, 6.07) is 9.20. The summed E-state index contributed by atoms with van der Waals surface area (Å²) in [6.45, 7) is 1.56. The van der Waals surface area contributed by atoms with E-state index in [1.807, 2.05) is 0 Å². The van der Waals surface area contributed by atoms with Gasteiger partial charge in [-0.25, -0.2) is 8.78 Å². The van der Waals surface area contributed by atoms with E-state index >= 15 is 0 Å². The highest BCUT2D eigenvalue weighted by atomic mass is 19.1. The zero-order chi connectivity index (χ0) is 15.4. The summed E-state index contributed by atoms with van der Waals surface area (Å²) in [6.07, 6.45) is 0. The molecule has 0 saturated heterocycles. The number of anilines is 1. The maximum absolute atomic E-state index is 13.1. The average Bonchev–Trinajstić information content (AvgIpc) is 2.46. The van der Waals surface area contributed by atoms with Gasteiger partial charge in [-0.15, -0.1) is 0 Å². The number of nitrogens with one attached hydrogen (secondary N) is 1. The molecule has 2 aromatic carbocycles. The zero-order valence-electron chi connectivity index (χ0n) is 11.1. The number of hydrogen-bond donors (Lipinski definition) is 2. The van der Waals surface area contributed by atoms with Crippen molar-refractivity contribution >= 4 is 17.3 Å². The van der Waals surface area contributed by atoms with Gasteiger partial charge in [-0.3, -0.25) is 4.79 Å². The maximum atomic E-state index is 13.1. The van der Waals surface area contributed by atoms with Gasteiger partial charge >= 0.3 is 0 Å². The largest absolute Gasteiger partial charge is 0.411 e. The number of oxime groups is 1. The molecule has 108 valence electrons. The van der Waals surface area contributed by atoms with Gasteiger partial charge in [0.25, 0.3) is 5.91 Å². The lowest BCUT2D eigenvalue weighted by atomic mass is 10.1. The standard InChI is InChI=1S/C15H12F2N2O2/c1-9(19-21)13-4-2-3-5-14(13)18-15(20)10-6-11(16)8-12(17)7-10/h2-8,21H,1H3,(H,18,20)/b19-9+. The molecular formula is C15H12F2N2O2. The summed E-state index contributed by atoms with van der Waals surface area (Å²) >= 11 is 0. The molecule has 1 amide bonds. The molecule has 0 unspecified atom stereocenters. The number of carbonyl (C=O) groups is 1. The van der Waals surface area contributed by atoms with E-state index in [0.29, 0.717) is 23.0 Å². The highest BCUT2D eigenvalue weighted by Crippen LogP contribution is 2.18. The number of nitrogens with zero attached hydrogens (tertiary/aromatic N) is 1.